The minimum atomic E-state index is -2.57. The van der Waals surface area contributed by atoms with E-state index >= 15 is 0 Å². The molecule has 0 spiro atoms. The Morgan fingerprint density at radius 2 is 1.85 bits per heavy atom. The normalized spacial score (nSPS) is 26.7. The largest absolute Gasteiger partial charge is 0.508 e. The average molecular weight is 451 g/mol. The summed E-state index contributed by atoms with van der Waals surface area (Å²) in [6, 6.07) is 6.57. The lowest BCUT2D eigenvalue weighted by molar-refractivity contribution is -0.147. The van der Waals surface area contributed by atoms with Crippen molar-refractivity contribution in [2.45, 2.75) is 31.8 Å². The molecule has 0 unspecified atom stereocenters. The maximum absolute atomic E-state index is 13.5. The molecule has 1 aromatic carbocycles. The van der Waals surface area contributed by atoms with Crippen molar-refractivity contribution in [3.05, 3.63) is 58.1 Å². The van der Waals surface area contributed by atoms with Gasteiger partial charge in [-0.2, -0.15) is 0 Å². The molecule has 3 aliphatic rings. The van der Waals surface area contributed by atoms with Crippen molar-refractivity contribution in [1.82, 2.24) is 0 Å². The molecule has 9 heteroatoms. The molecule has 0 aliphatic heterocycles. The second kappa shape index (κ2) is 6.82. The molecular formula is C24H21NO8. The molecule has 5 rings (SSSR count). The first-order chi connectivity index (χ1) is 15.6. The number of aromatic hydroxyl groups is 1. The van der Waals surface area contributed by atoms with Gasteiger partial charge < -0.3 is 30.6 Å². The zero-order valence-electron chi connectivity index (χ0n) is 17.6. The van der Waals surface area contributed by atoms with Crippen LogP contribution in [-0.4, -0.2) is 43.5 Å². The molecule has 0 radical (unpaired) electrons. The van der Waals surface area contributed by atoms with Gasteiger partial charge >= 0.3 is 0 Å². The van der Waals surface area contributed by atoms with Gasteiger partial charge in [-0.25, -0.2) is 0 Å². The van der Waals surface area contributed by atoms with Crippen molar-refractivity contribution in [3.63, 3.8) is 0 Å². The topological polar surface area (TPSA) is 171 Å². The van der Waals surface area contributed by atoms with Gasteiger partial charge in [-0.3, -0.25) is 14.4 Å². The first-order valence-electron chi connectivity index (χ1n) is 10.4. The van der Waals surface area contributed by atoms with E-state index in [-0.39, 0.29) is 36.1 Å². The lowest BCUT2D eigenvalue weighted by Crippen LogP contribution is -2.58. The number of ketones is 2. The summed E-state index contributed by atoms with van der Waals surface area (Å²) in [5, 5.41) is 43.4. The van der Waals surface area contributed by atoms with E-state index in [0.717, 1.165) is 0 Å². The lowest BCUT2D eigenvalue weighted by Gasteiger charge is -2.46. The van der Waals surface area contributed by atoms with Crippen LogP contribution in [0.25, 0.3) is 17.1 Å². The number of amides is 1. The minimum Gasteiger partial charge on any atom is -0.508 e. The molecule has 33 heavy (non-hydrogen) atoms. The van der Waals surface area contributed by atoms with Crippen molar-refractivity contribution in [3.8, 4) is 17.1 Å². The summed E-state index contributed by atoms with van der Waals surface area (Å²) in [6.45, 7) is 1.78. The number of fused-ring (bicyclic) bond motifs is 3. The zero-order valence-corrected chi connectivity index (χ0v) is 17.6. The fraction of sp³-hybridized carbons (Fsp3) is 0.292. The minimum absolute atomic E-state index is 0.0358. The van der Waals surface area contributed by atoms with Crippen LogP contribution < -0.4 is 5.73 Å². The van der Waals surface area contributed by atoms with E-state index in [1.54, 1.807) is 25.1 Å². The van der Waals surface area contributed by atoms with Crippen molar-refractivity contribution in [2.75, 3.05) is 0 Å². The fourth-order valence-corrected chi connectivity index (χ4v) is 5.43. The first-order valence-corrected chi connectivity index (χ1v) is 10.4. The highest BCUT2D eigenvalue weighted by atomic mass is 16.4. The van der Waals surface area contributed by atoms with Crippen molar-refractivity contribution >= 4 is 23.2 Å². The predicted octanol–water partition coefficient (Wildman–Crippen LogP) is 1.99. The maximum Gasteiger partial charge on any atom is 0.255 e. The lowest BCUT2D eigenvalue weighted by atomic mass is 9.59. The molecular weight excluding hydrogens is 430 g/mol. The van der Waals surface area contributed by atoms with Crippen molar-refractivity contribution in [2.24, 2.45) is 17.6 Å². The molecule has 1 saturated carbocycles. The third-order valence-electron chi connectivity index (χ3n) is 6.95. The molecule has 3 atom stereocenters. The van der Waals surface area contributed by atoms with Crippen molar-refractivity contribution in [1.29, 1.82) is 0 Å². The van der Waals surface area contributed by atoms with Gasteiger partial charge in [0.05, 0.1) is 5.56 Å². The molecule has 2 aromatic rings. The molecule has 9 nitrogen and oxygen atoms in total. The van der Waals surface area contributed by atoms with Gasteiger partial charge in [0.15, 0.2) is 11.4 Å². The molecule has 3 aliphatic carbocycles. The highest BCUT2D eigenvalue weighted by Gasteiger charge is 2.60. The SMILES string of the molecule is Cc1ccc(-c2ccc(O)c3c2C[C@H]2C[C@H]4CC(=O)C(C(N)=O)=C(O)[C@@]4(O)C(=O)C2=C3O)o1. The molecule has 1 heterocycles. The van der Waals surface area contributed by atoms with Gasteiger partial charge in [-0.15, -0.1) is 0 Å². The molecule has 0 saturated heterocycles. The van der Waals surface area contributed by atoms with Gasteiger partial charge in [0.2, 0.25) is 5.78 Å². The van der Waals surface area contributed by atoms with E-state index in [2.05, 4.69) is 0 Å². The van der Waals surface area contributed by atoms with Gasteiger partial charge in [0.25, 0.3) is 5.91 Å². The van der Waals surface area contributed by atoms with Gasteiger partial charge in [0.1, 0.15) is 34.4 Å². The van der Waals surface area contributed by atoms with E-state index in [1.807, 2.05) is 0 Å². The number of hydrogen-bond donors (Lipinski definition) is 5. The Morgan fingerprint density at radius 3 is 2.48 bits per heavy atom. The number of aliphatic hydroxyl groups is 3. The molecule has 1 aromatic heterocycles. The monoisotopic (exact) mass is 451 g/mol. The Balaban J connectivity index is 1.71. The van der Waals surface area contributed by atoms with Crippen LogP contribution >= 0.6 is 0 Å². The number of phenols is 1. The summed E-state index contributed by atoms with van der Waals surface area (Å²) >= 11 is 0. The molecule has 6 N–H and O–H groups in total. The molecule has 0 bridgehead atoms. The zero-order chi connectivity index (χ0) is 23.8. The van der Waals surface area contributed by atoms with E-state index < -0.39 is 52.0 Å². The Labute approximate surface area is 187 Å². The quantitative estimate of drug-likeness (QED) is 0.431. The number of aryl methyl sites for hydroxylation is 1. The molecule has 1 amide bonds. The maximum atomic E-state index is 13.5. The highest BCUT2D eigenvalue weighted by molar-refractivity contribution is 6.22. The highest BCUT2D eigenvalue weighted by Crippen LogP contribution is 2.53. The second-order valence-corrected chi connectivity index (χ2v) is 8.80. The van der Waals surface area contributed by atoms with Crippen molar-refractivity contribution < 1.29 is 39.2 Å². The average Bonchev–Trinajstić information content (AvgIpc) is 3.16. The Morgan fingerprint density at radius 1 is 1.12 bits per heavy atom. The first kappa shape index (κ1) is 21.0. The van der Waals surface area contributed by atoms with Gasteiger partial charge in [-0.05, 0) is 55.5 Å². The number of hydrogen-bond acceptors (Lipinski definition) is 8. The number of rotatable bonds is 2. The van der Waals surface area contributed by atoms with Crippen LogP contribution in [0.5, 0.6) is 5.75 Å². The van der Waals surface area contributed by atoms with E-state index in [0.29, 0.717) is 22.6 Å². The number of benzene rings is 1. The smallest absolute Gasteiger partial charge is 0.255 e. The third-order valence-corrected chi connectivity index (χ3v) is 6.95. The number of primary amides is 1. The number of Topliss-reactive ketones (excluding diaryl/α,β-unsaturated/α-hetero) is 2. The summed E-state index contributed by atoms with van der Waals surface area (Å²) in [6.07, 6.45) is -0.0562. The van der Waals surface area contributed by atoms with Crippen LogP contribution in [0.1, 0.15) is 29.7 Å². The number of nitrogens with two attached hydrogens (primary N) is 1. The second-order valence-electron chi connectivity index (χ2n) is 8.80. The van der Waals surface area contributed by atoms with Crippen LogP contribution in [0, 0.1) is 18.8 Å². The third kappa shape index (κ3) is 2.72. The molecule has 1 fully saturated rings. The standard InChI is InChI=1S/C24H21NO8/c1-9-2-5-16(33-9)12-3-4-14(26)18-13(12)7-10-6-11-8-15(27)19(23(25)31)22(30)24(11,32)21(29)17(10)20(18)28/h2-5,10-11,26,28,30,32H,6-8H2,1H3,(H2,25,31)/t10-,11+,24+/m1/s1. The number of phenolic OH excluding ortho intramolecular Hbond substituents is 1. The fourth-order valence-electron chi connectivity index (χ4n) is 5.43. The van der Waals surface area contributed by atoms with Crippen LogP contribution in [0.15, 0.2) is 45.6 Å². The Bertz CT molecular complexity index is 1330. The van der Waals surface area contributed by atoms with Crippen LogP contribution in [-0.2, 0) is 20.8 Å². The van der Waals surface area contributed by atoms with Gasteiger partial charge in [0, 0.05) is 23.5 Å². The summed E-state index contributed by atoms with van der Waals surface area (Å²) in [4.78, 5) is 37.6. The van der Waals surface area contributed by atoms with Crippen LogP contribution in [0.3, 0.4) is 0 Å². The number of aliphatic hydroxyl groups excluding tert-OH is 2. The number of carbonyl (C=O) groups excluding carboxylic acids is 3. The summed E-state index contributed by atoms with van der Waals surface area (Å²) < 4.78 is 5.72. The summed E-state index contributed by atoms with van der Waals surface area (Å²) in [7, 11) is 0. The molecule has 170 valence electrons. The van der Waals surface area contributed by atoms with Crippen LogP contribution in [0.2, 0.25) is 0 Å². The Kier molecular flexibility index (Phi) is 4.35. The van der Waals surface area contributed by atoms with Gasteiger partial charge in [-0.1, -0.05) is 0 Å². The number of furan rings is 1. The predicted molar refractivity (Wildman–Crippen MR) is 114 cm³/mol. The van der Waals surface area contributed by atoms with E-state index in [4.69, 9.17) is 10.2 Å². The summed E-state index contributed by atoms with van der Waals surface area (Å²) in [5.74, 6) is -5.29. The van der Waals surface area contributed by atoms with E-state index in [1.165, 1.54) is 6.07 Å². The Hall–Kier alpha value is -3.85. The van der Waals surface area contributed by atoms with Crippen LogP contribution in [0.4, 0.5) is 0 Å². The summed E-state index contributed by atoms with van der Waals surface area (Å²) in [5.41, 5.74) is 2.87. The van der Waals surface area contributed by atoms with E-state index in [9.17, 15) is 34.8 Å². The number of carbonyl (C=O) groups is 3.